The van der Waals surface area contributed by atoms with Crippen molar-refractivity contribution >= 4 is 13.8 Å². The molecule has 0 aliphatic heterocycles. The van der Waals surface area contributed by atoms with E-state index in [1.165, 1.54) is 51.4 Å². The van der Waals surface area contributed by atoms with Crippen LogP contribution in [0.2, 0.25) is 0 Å². The van der Waals surface area contributed by atoms with Crippen molar-refractivity contribution in [3.05, 3.63) is 11.1 Å². The summed E-state index contributed by atoms with van der Waals surface area (Å²) in [5, 5.41) is 18.0. The maximum absolute atomic E-state index is 11.0. The highest BCUT2D eigenvalue weighted by Crippen LogP contribution is 2.25. The van der Waals surface area contributed by atoms with E-state index in [2.05, 4.69) is 6.92 Å². The number of phosphoric acid groups is 1. The van der Waals surface area contributed by atoms with Gasteiger partial charge < -0.3 is 24.9 Å². The molecule has 0 rings (SSSR count). The van der Waals surface area contributed by atoms with E-state index in [9.17, 15) is 4.79 Å². The number of carbonyl (C=O) groups is 1. The van der Waals surface area contributed by atoms with Crippen molar-refractivity contribution in [2.75, 3.05) is 6.61 Å². The molecule has 8 heteroatoms. The van der Waals surface area contributed by atoms with Gasteiger partial charge in [-0.25, -0.2) is 9.36 Å². The lowest BCUT2D eigenvalue weighted by atomic mass is 9.98. The van der Waals surface area contributed by atoms with Gasteiger partial charge in [-0.05, 0) is 26.2 Å². The Bertz CT molecular complexity index is 421. The monoisotopic (exact) mass is 396 g/mol. The number of hydrogen-bond acceptors (Lipinski definition) is 3. The molecule has 0 spiro atoms. The van der Waals surface area contributed by atoms with Gasteiger partial charge in [-0.1, -0.05) is 70.3 Å². The molecule has 7 nitrogen and oxygen atoms in total. The Kier molecular flexibility index (Phi) is 18.7. The first-order valence-corrected chi connectivity index (χ1v) is 11.0. The number of rotatable bonds is 14. The van der Waals surface area contributed by atoms with E-state index in [1.807, 2.05) is 0 Å². The molecule has 0 heterocycles. The molecule has 0 atom stereocenters. The van der Waals surface area contributed by atoms with Crippen molar-refractivity contribution in [2.45, 2.75) is 90.9 Å². The number of unbranched alkanes of at least 4 members (excludes halogenated alkanes) is 9. The summed E-state index contributed by atoms with van der Waals surface area (Å²) in [5.74, 6) is -0.856. The molecule has 0 aromatic heterocycles. The predicted molar refractivity (Wildman–Crippen MR) is 103 cm³/mol. The standard InChI is InChI=1S/C18H34O3.H3O4P/c1-3-4-5-6-7-8-9-10-11-12-13-17(14-15-19)16(2)18(20)21;1-5(2,3)4/h19H,3-15H2,1-2H3,(H,20,21);(H3,1,2,3,4). The van der Waals surface area contributed by atoms with Gasteiger partial charge >= 0.3 is 13.8 Å². The van der Waals surface area contributed by atoms with Gasteiger partial charge in [-0.15, -0.1) is 0 Å². The summed E-state index contributed by atoms with van der Waals surface area (Å²) < 4.78 is 8.88. The fraction of sp³-hybridized carbons (Fsp3) is 0.833. The van der Waals surface area contributed by atoms with E-state index < -0.39 is 13.8 Å². The molecular formula is C18H37O7P. The fourth-order valence-corrected chi connectivity index (χ4v) is 2.61. The van der Waals surface area contributed by atoms with E-state index in [1.54, 1.807) is 6.92 Å². The molecule has 5 N–H and O–H groups in total. The highest BCUT2D eigenvalue weighted by molar-refractivity contribution is 7.45. The first-order chi connectivity index (χ1) is 12.1. The molecule has 0 amide bonds. The number of carboxylic acids is 1. The van der Waals surface area contributed by atoms with Crippen molar-refractivity contribution in [3.8, 4) is 0 Å². The molecule has 156 valence electrons. The first kappa shape index (κ1) is 27.5. The molecular weight excluding hydrogens is 359 g/mol. The van der Waals surface area contributed by atoms with Crippen LogP contribution in [-0.4, -0.2) is 37.5 Å². The number of hydrogen-bond donors (Lipinski definition) is 5. The van der Waals surface area contributed by atoms with Crippen LogP contribution in [0.1, 0.15) is 90.9 Å². The average molecular weight is 396 g/mol. The maximum Gasteiger partial charge on any atom is 0.466 e. The molecule has 0 fully saturated rings. The lowest BCUT2D eigenvalue weighted by Crippen LogP contribution is -2.03. The van der Waals surface area contributed by atoms with E-state index in [4.69, 9.17) is 29.5 Å². The van der Waals surface area contributed by atoms with E-state index in [0.717, 1.165) is 24.8 Å². The fourth-order valence-electron chi connectivity index (χ4n) is 2.61. The number of carboxylic acid groups (broad SMARTS) is 1. The van der Waals surface area contributed by atoms with E-state index in [0.29, 0.717) is 12.0 Å². The molecule has 0 saturated carbocycles. The summed E-state index contributed by atoms with van der Waals surface area (Å²) in [7, 11) is -4.64. The smallest absolute Gasteiger partial charge is 0.466 e. The molecule has 0 bridgehead atoms. The molecule has 0 aromatic carbocycles. The van der Waals surface area contributed by atoms with Crippen molar-refractivity contribution < 1.29 is 34.3 Å². The minimum atomic E-state index is -4.64. The zero-order valence-electron chi connectivity index (χ0n) is 16.2. The summed E-state index contributed by atoms with van der Waals surface area (Å²) in [6.07, 6.45) is 14.1. The lowest BCUT2D eigenvalue weighted by Gasteiger charge is -2.08. The third kappa shape index (κ3) is 23.3. The second-order valence-electron chi connectivity index (χ2n) is 6.45. The first-order valence-electron chi connectivity index (χ1n) is 9.44. The second kappa shape index (κ2) is 17.7. The Morgan fingerprint density at radius 2 is 1.19 bits per heavy atom. The van der Waals surface area contributed by atoms with Gasteiger partial charge in [0.2, 0.25) is 0 Å². The molecule has 26 heavy (non-hydrogen) atoms. The van der Waals surface area contributed by atoms with Gasteiger partial charge in [0.05, 0.1) is 0 Å². The minimum Gasteiger partial charge on any atom is -0.478 e. The average Bonchev–Trinajstić information content (AvgIpc) is 2.53. The Labute approximate surface area is 157 Å². The van der Waals surface area contributed by atoms with Gasteiger partial charge in [0.25, 0.3) is 0 Å². The van der Waals surface area contributed by atoms with Crippen LogP contribution in [0.25, 0.3) is 0 Å². The lowest BCUT2D eigenvalue weighted by molar-refractivity contribution is -0.132. The van der Waals surface area contributed by atoms with Crippen molar-refractivity contribution in [1.29, 1.82) is 0 Å². The van der Waals surface area contributed by atoms with E-state index >= 15 is 0 Å². The van der Waals surface area contributed by atoms with Crippen LogP contribution < -0.4 is 0 Å². The molecule has 0 radical (unpaired) electrons. The van der Waals surface area contributed by atoms with Crippen molar-refractivity contribution in [3.63, 3.8) is 0 Å². The summed E-state index contributed by atoms with van der Waals surface area (Å²) >= 11 is 0. The van der Waals surface area contributed by atoms with Gasteiger partial charge in [-0.3, -0.25) is 0 Å². The van der Waals surface area contributed by atoms with Gasteiger partial charge in [0.15, 0.2) is 0 Å². The van der Waals surface area contributed by atoms with Crippen LogP contribution in [-0.2, 0) is 9.36 Å². The van der Waals surface area contributed by atoms with Crippen molar-refractivity contribution in [1.82, 2.24) is 0 Å². The number of aliphatic hydroxyl groups excluding tert-OH is 1. The summed E-state index contributed by atoms with van der Waals surface area (Å²) in [4.78, 5) is 32.5. The van der Waals surface area contributed by atoms with Gasteiger partial charge in [0, 0.05) is 12.2 Å². The van der Waals surface area contributed by atoms with Gasteiger partial charge in [-0.2, -0.15) is 0 Å². The SMILES string of the molecule is CCCCCCCCCCCCC(CCO)=C(C)C(=O)O.O=P(O)(O)O. The third-order valence-corrected chi connectivity index (χ3v) is 4.10. The van der Waals surface area contributed by atoms with Crippen LogP contribution in [0.4, 0.5) is 0 Å². The molecule has 0 aromatic rings. The Morgan fingerprint density at radius 3 is 1.54 bits per heavy atom. The summed E-state index contributed by atoms with van der Waals surface area (Å²) in [6.45, 7) is 3.92. The number of aliphatic hydroxyl groups is 1. The van der Waals surface area contributed by atoms with Gasteiger partial charge in [0.1, 0.15) is 0 Å². The minimum absolute atomic E-state index is 0.0394. The molecule has 0 unspecified atom stereocenters. The van der Waals surface area contributed by atoms with Crippen LogP contribution in [0.5, 0.6) is 0 Å². The Balaban J connectivity index is 0. The molecule has 0 aliphatic rings. The van der Waals surface area contributed by atoms with Crippen LogP contribution >= 0.6 is 7.82 Å². The van der Waals surface area contributed by atoms with Crippen molar-refractivity contribution in [2.24, 2.45) is 0 Å². The predicted octanol–water partition coefficient (Wildman–Crippen LogP) is 4.15. The normalized spacial score (nSPS) is 12.2. The largest absolute Gasteiger partial charge is 0.478 e. The summed E-state index contributed by atoms with van der Waals surface area (Å²) in [6, 6.07) is 0. The molecule has 0 saturated heterocycles. The zero-order chi connectivity index (χ0) is 20.4. The highest BCUT2D eigenvalue weighted by Gasteiger charge is 2.08. The van der Waals surface area contributed by atoms with Crippen LogP contribution in [0.3, 0.4) is 0 Å². The van der Waals surface area contributed by atoms with E-state index in [-0.39, 0.29) is 6.61 Å². The van der Waals surface area contributed by atoms with Crippen LogP contribution in [0.15, 0.2) is 11.1 Å². The Morgan fingerprint density at radius 1 is 0.808 bits per heavy atom. The maximum atomic E-state index is 11.0. The molecule has 0 aliphatic carbocycles. The highest BCUT2D eigenvalue weighted by atomic mass is 31.2. The second-order valence-corrected chi connectivity index (χ2v) is 7.48. The van der Waals surface area contributed by atoms with Crippen LogP contribution in [0, 0.1) is 0 Å². The quantitative estimate of drug-likeness (QED) is 0.169. The Hall–Kier alpha value is -0.720. The third-order valence-electron chi connectivity index (χ3n) is 4.10. The topological polar surface area (TPSA) is 135 Å². The number of aliphatic carboxylic acids is 1. The zero-order valence-corrected chi connectivity index (χ0v) is 17.1. The summed E-state index contributed by atoms with van der Waals surface area (Å²) in [5.41, 5.74) is 1.32.